The molecule has 3 nitrogen and oxygen atoms in total. The standard InChI is InChI=1S/C24H39NO2.HI/c1-5-6-7-8-9-10-11-12-13-14-17-25-19(2)24(3,4)21-18-20(23(26)27)15-16-22(21)25;/h15-16,18-19H,5-14,17H2,1-4H3,(H,26,27);1H. The molecule has 2 rings (SSSR count). The van der Waals surface area contributed by atoms with E-state index in [-0.39, 0.29) is 29.4 Å². The van der Waals surface area contributed by atoms with Crippen molar-refractivity contribution in [3.8, 4) is 0 Å². The minimum Gasteiger partial charge on any atom is -0.478 e. The van der Waals surface area contributed by atoms with Gasteiger partial charge in [-0.2, -0.15) is 0 Å². The molecule has 0 amide bonds. The highest BCUT2D eigenvalue weighted by molar-refractivity contribution is 14.0. The maximum atomic E-state index is 11.3. The van der Waals surface area contributed by atoms with Gasteiger partial charge in [0.1, 0.15) is 0 Å². The Bertz CT molecular complexity index is 615. The molecule has 1 aromatic rings. The van der Waals surface area contributed by atoms with Gasteiger partial charge in [0.25, 0.3) is 0 Å². The van der Waals surface area contributed by atoms with Gasteiger partial charge in [-0.3, -0.25) is 0 Å². The van der Waals surface area contributed by atoms with Crippen LogP contribution in [0.15, 0.2) is 18.2 Å². The minimum atomic E-state index is -0.839. The summed E-state index contributed by atoms with van der Waals surface area (Å²) in [6, 6.07) is 6.04. The summed E-state index contributed by atoms with van der Waals surface area (Å²) in [4.78, 5) is 13.8. The van der Waals surface area contributed by atoms with Crippen molar-refractivity contribution in [2.75, 3.05) is 11.4 Å². The molecule has 0 bridgehead atoms. The first kappa shape index (κ1) is 25.3. The van der Waals surface area contributed by atoms with Gasteiger partial charge in [-0.05, 0) is 37.1 Å². The first-order valence-corrected chi connectivity index (χ1v) is 11.0. The molecule has 1 heterocycles. The van der Waals surface area contributed by atoms with E-state index < -0.39 is 5.97 Å². The van der Waals surface area contributed by atoms with Gasteiger partial charge < -0.3 is 10.0 Å². The maximum absolute atomic E-state index is 11.3. The van der Waals surface area contributed by atoms with Crippen LogP contribution < -0.4 is 4.90 Å². The Balaban J connectivity index is 0.00000392. The molecule has 1 aromatic carbocycles. The Morgan fingerprint density at radius 2 is 1.54 bits per heavy atom. The number of carbonyl (C=O) groups is 1. The Hall–Kier alpha value is -0.780. The average molecular weight is 501 g/mol. The van der Waals surface area contributed by atoms with Crippen LogP contribution in [0.3, 0.4) is 0 Å². The topological polar surface area (TPSA) is 40.5 Å². The molecular formula is C24H40INO2. The SMILES string of the molecule is CCCCCCCCCCCCN1c2ccc(C(=O)O)cc2C(C)(C)C1C.I. The van der Waals surface area contributed by atoms with Crippen LogP contribution >= 0.6 is 24.0 Å². The van der Waals surface area contributed by atoms with Crippen LogP contribution in [0.5, 0.6) is 0 Å². The van der Waals surface area contributed by atoms with Crippen LogP contribution in [0.2, 0.25) is 0 Å². The molecule has 4 heteroatoms. The number of halogens is 1. The zero-order valence-electron chi connectivity index (χ0n) is 18.3. The number of unbranched alkanes of at least 4 members (excludes halogenated alkanes) is 9. The van der Waals surface area contributed by atoms with Crippen molar-refractivity contribution in [1.29, 1.82) is 0 Å². The van der Waals surface area contributed by atoms with E-state index >= 15 is 0 Å². The van der Waals surface area contributed by atoms with Gasteiger partial charge in [-0.1, -0.05) is 78.6 Å². The van der Waals surface area contributed by atoms with Crippen LogP contribution in [-0.4, -0.2) is 23.7 Å². The fourth-order valence-electron chi connectivity index (χ4n) is 4.34. The van der Waals surface area contributed by atoms with Crippen LogP contribution in [0.25, 0.3) is 0 Å². The summed E-state index contributed by atoms with van der Waals surface area (Å²) in [7, 11) is 0. The fourth-order valence-corrected chi connectivity index (χ4v) is 4.34. The molecule has 0 spiro atoms. The van der Waals surface area contributed by atoms with Crippen molar-refractivity contribution < 1.29 is 9.90 Å². The number of carboxylic acid groups (broad SMARTS) is 1. The van der Waals surface area contributed by atoms with E-state index in [4.69, 9.17) is 0 Å². The lowest BCUT2D eigenvalue weighted by molar-refractivity contribution is 0.0696. The van der Waals surface area contributed by atoms with Gasteiger partial charge in [0, 0.05) is 23.7 Å². The van der Waals surface area contributed by atoms with Gasteiger partial charge in [0.2, 0.25) is 0 Å². The normalized spacial score (nSPS) is 17.3. The second-order valence-corrected chi connectivity index (χ2v) is 8.81. The van der Waals surface area contributed by atoms with Gasteiger partial charge >= 0.3 is 5.97 Å². The number of fused-ring (bicyclic) bond motifs is 1. The van der Waals surface area contributed by atoms with Crippen LogP contribution in [0.4, 0.5) is 5.69 Å². The van der Waals surface area contributed by atoms with E-state index in [2.05, 4.69) is 32.6 Å². The van der Waals surface area contributed by atoms with Crippen molar-refractivity contribution in [2.24, 2.45) is 0 Å². The number of anilines is 1. The van der Waals surface area contributed by atoms with Crippen LogP contribution in [-0.2, 0) is 5.41 Å². The maximum Gasteiger partial charge on any atom is 0.335 e. The smallest absolute Gasteiger partial charge is 0.335 e. The predicted octanol–water partition coefficient (Wildman–Crippen LogP) is 7.41. The van der Waals surface area contributed by atoms with Crippen molar-refractivity contribution in [2.45, 2.75) is 103 Å². The number of rotatable bonds is 12. The third kappa shape index (κ3) is 6.36. The summed E-state index contributed by atoms with van der Waals surface area (Å²) in [5.74, 6) is -0.839. The van der Waals surface area contributed by atoms with E-state index in [0.717, 1.165) is 6.54 Å². The minimum absolute atomic E-state index is 0. The van der Waals surface area contributed by atoms with E-state index in [0.29, 0.717) is 11.6 Å². The largest absolute Gasteiger partial charge is 0.478 e. The average Bonchev–Trinajstić information content (AvgIpc) is 2.83. The number of hydrogen-bond donors (Lipinski definition) is 1. The number of carboxylic acids is 1. The second-order valence-electron chi connectivity index (χ2n) is 8.81. The van der Waals surface area contributed by atoms with Gasteiger partial charge in [-0.25, -0.2) is 4.79 Å². The Morgan fingerprint density at radius 1 is 1.00 bits per heavy atom. The van der Waals surface area contributed by atoms with Gasteiger partial charge in [0.05, 0.1) is 5.56 Å². The molecule has 1 atom stereocenters. The van der Waals surface area contributed by atoms with Crippen molar-refractivity contribution in [1.82, 2.24) is 0 Å². The summed E-state index contributed by atoms with van der Waals surface area (Å²) in [6.45, 7) is 10.1. The lowest BCUT2D eigenvalue weighted by Gasteiger charge is -2.31. The first-order chi connectivity index (χ1) is 12.9. The molecule has 1 unspecified atom stereocenters. The van der Waals surface area contributed by atoms with Gasteiger partial charge in [-0.15, -0.1) is 24.0 Å². The third-order valence-corrected chi connectivity index (χ3v) is 6.51. The van der Waals surface area contributed by atoms with E-state index in [9.17, 15) is 9.90 Å². The molecule has 1 N–H and O–H groups in total. The second kappa shape index (κ2) is 12.0. The molecule has 0 saturated heterocycles. The fraction of sp³-hybridized carbons (Fsp3) is 0.708. The molecule has 160 valence electrons. The highest BCUT2D eigenvalue weighted by Crippen LogP contribution is 2.45. The predicted molar refractivity (Wildman–Crippen MR) is 130 cm³/mol. The lowest BCUT2D eigenvalue weighted by Crippen LogP contribution is -2.39. The molecule has 0 aromatic heterocycles. The summed E-state index contributed by atoms with van der Waals surface area (Å²) in [5, 5.41) is 9.31. The highest BCUT2D eigenvalue weighted by atomic mass is 127. The zero-order chi connectivity index (χ0) is 19.9. The number of benzene rings is 1. The zero-order valence-corrected chi connectivity index (χ0v) is 20.6. The first-order valence-electron chi connectivity index (χ1n) is 11.0. The third-order valence-electron chi connectivity index (χ3n) is 6.51. The Morgan fingerprint density at radius 3 is 2.07 bits per heavy atom. The number of aromatic carboxylic acids is 1. The molecule has 28 heavy (non-hydrogen) atoms. The quantitative estimate of drug-likeness (QED) is 0.240. The monoisotopic (exact) mass is 501 g/mol. The summed E-state index contributed by atoms with van der Waals surface area (Å²) >= 11 is 0. The Kier molecular flexibility index (Phi) is 10.9. The molecule has 0 saturated carbocycles. The molecule has 1 aliphatic rings. The molecule has 1 aliphatic heterocycles. The van der Waals surface area contributed by atoms with Crippen molar-refractivity contribution in [3.05, 3.63) is 29.3 Å². The van der Waals surface area contributed by atoms with E-state index in [1.807, 2.05) is 12.1 Å². The highest BCUT2D eigenvalue weighted by Gasteiger charge is 2.41. The number of hydrogen-bond acceptors (Lipinski definition) is 2. The lowest BCUT2D eigenvalue weighted by atomic mass is 9.81. The van der Waals surface area contributed by atoms with E-state index in [1.54, 1.807) is 6.07 Å². The molecular weight excluding hydrogens is 461 g/mol. The van der Waals surface area contributed by atoms with Crippen LogP contribution in [0, 0.1) is 0 Å². The Labute approximate surface area is 189 Å². The summed E-state index contributed by atoms with van der Waals surface area (Å²) < 4.78 is 0. The molecule has 0 aliphatic carbocycles. The van der Waals surface area contributed by atoms with Gasteiger partial charge in [0.15, 0.2) is 0 Å². The van der Waals surface area contributed by atoms with Crippen molar-refractivity contribution >= 4 is 35.6 Å². The van der Waals surface area contributed by atoms with Crippen molar-refractivity contribution in [3.63, 3.8) is 0 Å². The molecule has 0 radical (unpaired) electrons. The summed E-state index contributed by atoms with van der Waals surface area (Å²) in [5.41, 5.74) is 2.80. The van der Waals surface area contributed by atoms with Crippen LogP contribution in [0.1, 0.15) is 108 Å². The number of nitrogens with zero attached hydrogens (tertiary/aromatic N) is 1. The van der Waals surface area contributed by atoms with E-state index in [1.165, 1.54) is 75.5 Å². The molecule has 0 fully saturated rings. The summed E-state index contributed by atoms with van der Waals surface area (Å²) in [6.07, 6.45) is 13.5.